The number of anilines is 1. The molecular formula is C15H13N3O4S. The van der Waals surface area contributed by atoms with E-state index in [1.807, 2.05) is 6.92 Å². The molecule has 0 bridgehead atoms. The average molecular weight is 331 g/mol. The van der Waals surface area contributed by atoms with E-state index in [1.165, 1.54) is 24.3 Å². The number of fused-ring (bicyclic) bond motifs is 1. The van der Waals surface area contributed by atoms with E-state index >= 15 is 0 Å². The molecule has 0 saturated heterocycles. The minimum absolute atomic E-state index is 0.0206. The van der Waals surface area contributed by atoms with Gasteiger partial charge in [0.1, 0.15) is 0 Å². The Balaban J connectivity index is 1.98. The Morgan fingerprint density at radius 2 is 1.91 bits per heavy atom. The van der Waals surface area contributed by atoms with Crippen LogP contribution in [0.1, 0.15) is 16.1 Å². The van der Waals surface area contributed by atoms with Crippen molar-refractivity contribution < 1.29 is 18.3 Å². The molecule has 0 aliphatic carbocycles. The van der Waals surface area contributed by atoms with Gasteiger partial charge in [-0.2, -0.15) is 0 Å². The monoisotopic (exact) mass is 331 g/mol. The molecule has 2 heterocycles. The van der Waals surface area contributed by atoms with Crippen LogP contribution in [0.2, 0.25) is 0 Å². The summed E-state index contributed by atoms with van der Waals surface area (Å²) in [6.07, 6.45) is 3.56. The van der Waals surface area contributed by atoms with Crippen LogP contribution in [0.4, 0.5) is 5.69 Å². The number of rotatable bonds is 4. The topological polar surface area (TPSA) is 101 Å². The number of pyridine rings is 1. The highest BCUT2D eigenvalue weighted by Gasteiger charge is 2.17. The highest BCUT2D eigenvalue weighted by Crippen LogP contribution is 2.21. The number of nitrogens with one attached hydrogen (secondary N) is 1. The molecule has 0 saturated carbocycles. The first-order chi connectivity index (χ1) is 10.9. The Morgan fingerprint density at radius 3 is 2.57 bits per heavy atom. The van der Waals surface area contributed by atoms with Gasteiger partial charge in [-0.1, -0.05) is 0 Å². The number of carboxylic acid groups (broad SMARTS) is 1. The fraction of sp³-hybridized carbons (Fsp3) is 0.0667. The minimum Gasteiger partial charge on any atom is -0.478 e. The standard InChI is InChI=1S/C15H13N3O4S/c1-10-9-18-8-2-3-13(14(18)16-10)17-23(21,22)12-6-4-11(5-7-12)15(19)20/h2-9,17H,1H3,(H,19,20). The smallest absolute Gasteiger partial charge is 0.335 e. The predicted octanol–water partition coefficient (Wildman–Crippen LogP) is 2.14. The molecule has 0 aliphatic rings. The third kappa shape index (κ3) is 2.88. The van der Waals surface area contributed by atoms with Gasteiger partial charge in [0.25, 0.3) is 10.0 Å². The second-order valence-electron chi connectivity index (χ2n) is 4.97. The maximum absolute atomic E-state index is 12.4. The fourth-order valence-electron chi connectivity index (χ4n) is 2.20. The van der Waals surface area contributed by atoms with E-state index in [-0.39, 0.29) is 10.5 Å². The van der Waals surface area contributed by atoms with Crippen LogP contribution in [-0.4, -0.2) is 28.9 Å². The lowest BCUT2D eigenvalue weighted by molar-refractivity contribution is 0.0696. The van der Waals surface area contributed by atoms with Crippen LogP contribution in [0.5, 0.6) is 0 Å². The van der Waals surface area contributed by atoms with E-state index in [1.54, 1.807) is 28.9 Å². The molecule has 1 aromatic carbocycles. The summed E-state index contributed by atoms with van der Waals surface area (Å²) in [5.41, 5.74) is 1.64. The summed E-state index contributed by atoms with van der Waals surface area (Å²) >= 11 is 0. The number of aryl methyl sites for hydroxylation is 1. The van der Waals surface area contributed by atoms with Crippen molar-refractivity contribution >= 4 is 27.3 Å². The zero-order valence-corrected chi connectivity index (χ0v) is 12.9. The van der Waals surface area contributed by atoms with Crippen LogP contribution in [0.15, 0.2) is 53.7 Å². The summed E-state index contributed by atoms with van der Waals surface area (Å²) in [7, 11) is -3.83. The molecule has 3 aromatic rings. The van der Waals surface area contributed by atoms with E-state index in [0.29, 0.717) is 11.3 Å². The quantitative estimate of drug-likeness (QED) is 0.763. The Morgan fingerprint density at radius 1 is 1.22 bits per heavy atom. The lowest BCUT2D eigenvalue weighted by Gasteiger charge is -2.09. The molecule has 2 N–H and O–H groups in total. The zero-order valence-electron chi connectivity index (χ0n) is 12.1. The van der Waals surface area contributed by atoms with Gasteiger partial charge in [-0.05, 0) is 43.3 Å². The van der Waals surface area contributed by atoms with Gasteiger partial charge in [0.05, 0.1) is 21.8 Å². The lowest BCUT2D eigenvalue weighted by atomic mass is 10.2. The molecule has 0 radical (unpaired) electrons. The summed E-state index contributed by atoms with van der Waals surface area (Å²) in [6, 6.07) is 8.32. The van der Waals surface area contributed by atoms with Crippen LogP contribution < -0.4 is 4.72 Å². The SMILES string of the molecule is Cc1cn2cccc(NS(=O)(=O)c3ccc(C(=O)O)cc3)c2n1. The van der Waals surface area contributed by atoms with Gasteiger partial charge in [-0.15, -0.1) is 0 Å². The first-order valence-electron chi connectivity index (χ1n) is 6.67. The van der Waals surface area contributed by atoms with Gasteiger partial charge in [0.2, 0.25) is 0 Å². The number of sulfonamides is 1. The van der Waals surface area contributed by atoms with E-state index < -0.39 is 16.0 Å². The summed E-state index contributed by atoms with van der Waals surface area (Å²) < 4.78 is 29.1. The molecule has 0 unspecified atom stereocenters. The van der Waals surface area contributed by atoms with Crippen molar-refractivity contribution in [3.8, 4) is 0 Å². The Bertz CT molecular complexity index is 991. The molecule has 0 atom stereocenters. The number of aromatic carboxylic acids is 1. The van der Waals surface area contributed by atoms with E-state index in [9.17, 15) is 13.2 Å². The number of nitrogens with zero attached hydrogens (tertiary/aromatic N) is 2. The molecule has 0 aliphatic heterocycles. The normalized spacial score (nSPS) is 11.5. The van der Waals surface area contributed by atoms with Gasteiger partial charge < -0.3 is 9.51 Å². The fourth-order valence-corrected chi connectivity index (χ4v) is 3.26. The minimum atomic E-state index is -3.83. The number of aromatic nitrogens is 2. The van der Waals surface area contributed by atoms with Gasteiger partial charge in [0, 0.05) is 12.4 Å². The largest absolute Gasteiger partial charge is 0.478 e. The van der Waals surface area contributed by atoms with E-state index in [4.69, 9.17) is 5.11 Å². The van der Waals surface area contributed by atoms with Crippen LogP contribution >= 0.6 is 0 Å². The van der Waals surface area contributed by atoms with E-state index in [2.05, 4.69) is 9.71 Å². The van der Waals surface area contributed by atoms with Crippen LogP contribution in [0, 0.1) is 6.92 Å². The lowest BCUT2D eigenvalue weighted by Crippen LogP contribution is -2.14. The second kappa shape index (κ2) is 5.40. The van der Waals surface area contributed by atoms with Crippen LogP contribution in [0.3, 0.4) is 0 Å². The third-order valence-electron chi connectivity index (χ3n) is 3.26. The van der Waals surface area contributed by atoms with Crippen LogP contribution in [-0.2, 0) is 10.0 Å². The van der Waals surface area contributed by atoms with Gasteiger partial charge in [-0.3, -0.25) is 4.72 Å². The molecular weight excluding hydrogens is 318 g/mol. The summed E-state index contributed by atoms with van der Waals surface area (Å²) in [4.78, 5) is 15.1. The molecule has 7 nitrogen and oxygen atoms in total. The molecule has 8 heteroatoms. The number of carboxylic acids is 1. The molecule has 0 amide bonds. The van der Waals surface area contributed by atoms with Crippen molar-refractivity contribution in [2.24, 2.45) is 0 Å². The third-order valence-corrected chi connectivity index (χ3v) is 4.64. The molecule has 0 fully saturated rings. The summed E-state index contributed by atoms with van der Waals surface area (Å²) in [6.45, 7) is 1.82. The van der Waals surface area contributed by atoms with Crippen molar-refractivity contribution in [3.05, 3.63) is 60.0 Å². The Labute approximate surface area is 132 Å². The highest BCUT2D eigenvalue weighted by molar-refractivity contribution is 7.92. The zero-order chi connectivity index (χ0) is 16.6. The second-order valence-corrected chi connectivity index (χ2v) is 6.65. The number of hydrogen-bond acceptors (Lipinski definition) is 4. The number of imidazole rings is 1. The highest BCUT2D eigenvalue weighted by atomic mass is 32.2. The summed E-state index contributed by atoms with van der Waals surface area (Å²) in [5, 5.41) is 8.86. The molecule has 118 valence electrons. The Kier molecular flexibility index (Phi) is 3.53. The predicted molar refractivity (Wildman–Crippen MR) is 84.1 cm³/mol. The molecule has 0 spiro atoms. The van der Waals surface area contributed by atoms with Gasteiger partial charge in [-0.25, -0.2) is 18.2 Å². The van der Waals surface area contributed by atoms with Crippen molar-refractivity contribution in [2.45, 2.75) is 11.8 Å². The first kappa shape index (κ1) is 15.0. The molecule has 2 aromatic heterocycles. The van der Waals surface area contributed by atoms with Gasteiger partial charge in [0.15, 0.2) is 5.65 Å². The summed E-state index contributed by atoms with van der Waals surface area (Å²) in [5.74, 6) is -1.11. The molecule has 23 heavy (non-hydrogen) atoms. The van der Waals surface area contributed by atoms with Crippen molar-refractivity contribution in [2.75, 3.05) is 4.72 Å². The van der Waals surface area contributed by atoms with Crippen molar-refractivity contribution in [3.63, 3.8) is 0 Å². The first-order valence-corrected chi connectivity index (χ1v) is 8.16. The average Bonchev–Trinajstić information content (AvgIpc) is 2.88. The Hall–Kier alpha value is -2.87. The maximum Gasteiger partial charge on any atom is 0.335 e. The number of carbonyl (C=O) groups is 1. The maximum atomic E-state index is 12.4. The van der Waals surface area contributed by atoms with E-state index in [0.717, 1.165) is 5.69 Å². The number of hydrogen-bond donors (Lipinski definition) is 2. The number of benzene rings is 1. The van der Waals surface area contributed by atoms with Crippen LogP contribution in [0.25, 0.3) is 5.65 Å². The van der Waals surface area contributed by atoms with Crippen molar-refractivity contribution in [1.29, 1.82) is 0 Å². The van der Waals surface area contributed by atoms with Crippen molar-refractivity contribution in [1.82, 2.24) is 9.38 Å². The molecule has 3 rings (SSSR count). The van der Waals surface area contributed by atoms with Gasteiger partial charge >= 0.3 is 5.97 Å².